The van der Waals surface area contributed by atoms with Crippen LogP contribution in [-0.2, 0) is 11.2 Å². The van der Waals surface area contributed by atoms with Gasteiger partial charge in [0.15, 0.2) is 0 Å². The van der Waals surface area contributed by atoms with Crippen LogP contribution in [0, 0.1) is 11.3 Å². The number of benzene rings is 1. The molecule has 0 saturated carbocycles. The van der Waals surface area contributed by atoms with Crippen LogP contribution >= 0.6 is 0 Å². The summed E-state index contributed by atoms with van der Waals surface area (Å²) in [6.07, 6.45) is 2.01. The van der Waals surface area contributed by atoms with Crippen molar-refractivity contribution < 1.29 is 14.7 Å². The fraction of sp³-hybridized carbons (Fsp3) is 0.400. The Balaban J connectivity index is 2.06. The lowest BCUT2D eigenvalue weighted by atomic mass is 9.99. The van der Waals surface area contributed by atoms with Crippen molar-refractivity contribution in [2.45, 2.75) is 19.3 Å². The van der Waals surface area contributed by atoms with Gasteiger partial charge < -0.3 is 15.3 Å². The molecule has 2 rings (SSSR count). The standard InChI is InChI=1S/C15H17N3O3/c16-6-2-7-17-14(19)10-18-8-1-3-11-9-12(15(20)21)4-5-13(11)18/h4-5,9H,1-3,7-8,10H2,(H,17,19)(H,20,21). The van der Waals surface area contributed by atoms with Crippen LogP contribution < -0.4 is 10.2 Å². The van der Waals surface area contributed by atoms with E-state index >= 15 is 0 Å². The molecule has 2 N–H and O–H groups in total. The Labute approximate surface area is 123 Å². The summed E-state index contributed by atoms with van der Waals surface area (Å²) in [5.74, 6) is -1.07. The fourth-order valence-electron chi connectivity index (χ4n) is 2.46. The van der Waals surface area contributed by atoms with Gasteiger partial charge in [-0.15, -0.1) is 0 Å². The van der Waals surface area contributed by atoms with Crippen LogP contribution in [0.2, 0.25) is 0 Å². The second-order valence-corrected chi connectivity index (χ2v) is 4.93. The van der Waals surface area contributed by atoms with E-state index in [2.05, 4.69) is 5.32 Å². The van der Waals surface area contributed by atoms with Crippen LogP contribution in [0.4, 0.5) is 5.69 Å². The maximum Gasteiger partial charge on any atom is 0.335 e. The number of hydrogen-bond acceptors (Lipinski definition) is 4. The van der Waals surface area contributed by atoms with E-state index < -0.39 is 5.97 Å². The third-order valence-electron chi connectivity index (χ3n) is 3.43. The lowest BCUT2D eigenvalue weighted by molar-refractivity contribution is -0.119. The quantitative estimate of drug-likeness (QED) is 0.793. The molecule has 0 aromatic heterocycles. The van der Waals surface area contributed by atoms with Gasteiger partial charge in [-0.1, -0.05) is 0 Å². The average Bonchev–Trinajstić information content (AvgIpc) is 2.47. The summed E-state index contributed by atoms with van der Waals surface area (Å²) in [4.78, 5) is 24.8. The van der Waals surface area contributed by atoms with Gasteiger partial charge in [-0.25, -0.2) is 4.79 Å². The normalized spacial score (nSPS) is 13.2. The highest BCUT2D eigenvalue weighted by Crippen LogP contribution is 2.27. The zero-order valence-electron chi connectivity index (χ0n) is 11.6. The number of amides is 1. The van der Waals surface area contributed by atoms with Gasteiger partial charge in [-0.3, -0.25) is 4.79 Å². The van der Waals surface area contributed by atoms with Crippen molar-refractivity contribution in [1.82, 2.24) is 5.32 Å². The first-order valence-electron chi connectivity index (χ1n) is 6.86. The predicted octanol–water partition coefficient (Wildman–Crippen LogP) is 1.17. The number of aryl methyl sites for hydroxylation is 1. The molecule has 0 radical (unpaired) electrons. The van der Waals surface area contributed by atoms with E-state index in [4.69, 9.17) is 10.4 Å². The predicted molar refractivity (Wildman–Crippen MR) is 77.2 cm³/mol. The van der Waals surface area contributed by atoms with E-state index in [1.165, 1.54) is 0 Å². The number of carboxylic acids is 1. The van der Waals surface area contributed by atoms with Crippen LogP contribution in [0.5, 0.6) is 0 Å². The molecule has 0 aliphatic carbocycles. The van der Waals surface area contributed by atoms with Crippen molar-refractivity contribution in [1.29, 1.82) is 5.26 Å². The lowest BCUT2D eigenvalue weighted by Gasteiger charge is -2.30. The molecule has 6 heteroatoms. The van der Waals surface area contributed by atoms with Gasteiger partial charge in [-0.05, 0) is 36.6 Å². The topological polar surface area (TPSA) is 93.4 Å². The van der Waals surface area contributed by atoms with Gasteiger partial charge in [0.2, 0.25) is 5.91 Å². The Bertz CT molecular complexity index is 592. The zero-order chi connectivity index (χ0) is 15.2. The minimum atomic E-state index is -0.941. The SMILES string of the molecule is N#CCCNC(=O)CN1CCCc2cc(C(=O)O)ccc21. The Hall–Kier alpha value is -2.55. The van der Waals surface area contributed by atoms with Gasteiger partial charge >= 0.3 is 5.97 Å². The Morgan fingerprint density at radius 2 is 2.24 bits per heavy atom. The van der Waals surface area contributed by atoms with Gasteiger partial charge in [0.05, 0.1) is 24.6 Å². The molecule has 1 aromatic rings. The molecule has 0 bridgehead atoms. The number of anilines is 1. The summed E-state index contributed by atoms with van der Waals surface area (Å²) in [7, 11) is 0. The molecule has 1 amide bonds. The number of carbonyl (C=O) groups is 2. The van der Waals surface area contributed by atoms with Crippen molar-refractivity contribution in [3.8, 4) is 6.07 Å². The number of carboxylic acid groups (broad SMARTS) is 1. The first-order chi connectivity index (χ1) is 10.1. The zero-order valence-corrected chi connectivity index (χ0v) is 11.6. The number of aromatic carboxylic acids is 1. The van der Waals surface area contributed by atoms with E-state index in [-0.39, 0.29) is 18.0 Å². The van der Waals surface area contributed by atoms with Crippen molar-refractivity contribution in [3.05, 3.63) is 29.3 Å². The summed E-state index contributed by atoms with van der Waals surface area (Å²) in [6, 6.07) is 6.98. The highest BCUT2D eigenvalue weighted by atomic mass is 16.4. The minimum Gasteiger partial charge on any atom is -0.478 e. The largest absolute Gasteiger partial charge is 0.478 e. The second kappa shape index (κ2) is 6.75. The summed E-state index contributed by atoms with van der Waals surface area (Å²) in [5.41, 5.74) is 2.15. The van der Waals surface area contributed by atoms with Crippen molar-refractivity contribution in [3.63, 3.8) is 0 Å². The number of rotatable bonds is 5. The van der Waals surface area contributed by atoms with E-state index in [1.54, 1.807) is 18.2 Å². The molecule has 0 fully saturated rings. The van der Waals surface area contributed by atoms with Gasteiger partial charge in [-0.2, -0.15) is 5.26 Å². The van der Waals surface area contributed by atoms with E-state index in [0.717, 1.165) is 30.6 Å². The molecule has 1 aromatic carbocycles. The third-order valence-corrected chi connectivity index (χ3v) is 3.43. The molecular formula is C15H17N3O3. The van der Waals surface area contributed by atoms with Crippen LogP contribution in [0.1, 0.15) is 28.8 Å². The minimum absolute atomic E-state index is 0.125. The number of fused-ring (bicyclic) bond motifs is 1. The smallest absolute Gasteiger partial charge is 0.335 e. The van der Waals surface area contributed by atoms with Crippen molar-refractivity contribution >= 4 is 17.6 Å². The van der Waals surface area contributed by atoms with Crippen LogP contribution in [0.15, 0.2) is 18.2 Å². The number of hydrogen-bond donors (Lipinski definition) is 2. The summed E-state index contributed by atoms with van der Waals surface area (Å²) >= 11 is 0. The van der Waals surface area contributed by atoms with Crippen molar-refractivity contribution in [2.24, 2.45) is 0 Å². The number of carbonyl (C=O) groups excluding carboxylic acids is 1. The molecular weight excluding hydrogens is 270 g/mol. The van der Waals surface area contributed by atoms with Crippen LogP contribution in [0.3, 0.4) is 0 Å². The molecule has 0 saturated heterocycles. The molecule has 0 spiro atoms. The fourth-order valence-corrected chi connectivity index (χ4v) is 2.46. The Morgan fingerprint density at radius 3 is 2.95 bits per heavy atom. The first kappa shape index (κ1) is 14.9. The number of nitriles is 1. The highest BCUT2D eigenvalue weighted by Gasteiger charge is 2.20. The third kappa shape index (κ3) is 3.72. The first-order valence-corrected chi connectivity index (χ1v) is 6.86. The molecule has 1 aliphatic heterocycles. The summed E-state index contributed by atoms with van der Waals surface area (Å²) in [5, 5.41) is 20.2. The Morgan fingerprint density at radius 1 is 1.43 bits per heavy atom. The molecule has 6 nitrogen and oxygen atoms in total. The monoisotopic (exact) mass is 287 g/mol. The lowest BCUT2D eigenvalue weighted by Crippen LogP contribution is -2.40. The summed E-state index contributed by atoms with van der Waals surface area (Å²) in [6.45, 7) is 1.35. The second-order valence-electron chi connectivity index (χ2n) is 4.93. The van der Waals surface area contributed by atoms with E-state index in [9.17, 15) is 9.59 Å². The molecule has 0 unspecified atom stereocenters. The molecule has 1 heterocycles. The maximum atomic E-state index is 11.8. The number of nitrogens with one attached hydrogen (secondary N) is 1. The maximum absolute atomic E-state index is 11.8. The molecule has 0 atom stereocenters. The van der Waals surface area contributed by atoms with Crippen molar-refractivity contribution in [2.75, 3.05) is 24.5 Å². The average molecular weight is 287 g/mol. The van der Waals surface area contributed by atoms with E-state index in [1.807, 2.05) is 11.0 Å². The summed E-state index contributed by atoms with van der Waals surface area (Å²) < 4.78 is 0. The highest BCUT2D eigenvalue weighted by molar-refractivity contribution is 5.89. The van der Waals surface area contributed by atoms with Crippen LogP contribution in [-0.4, -0.2) is 36.6 Å². The van der Waals surface area contributed by atoms with Gasteiger partial charge in [0.1, 0.15) is 0 Å². The van der Waals surface area contributed by atoms with Gasteiger partial charge in [0, 0.05) is 18.8 Å². The molecule has 21 heavy (non-hydrogen) atoms. The molecule has 110 valence electrons. The van der Waals surface area contributed by atoms with E-state index in [0.29, 0.717) is 13.0 Å². The molecule has 1 aliphatic rings. The van der Waals surface area contributed by atoms with Crippen LogP contribution in [0.25, 0.3) is 0 Å². The van der Waals surface area contributed by atoms with Gasteiger partial charge in [0.25, 0.3) is 0 Å². The Kier molecular flexibility index (Phi) is 4.77. The number of nitrogens with zero attached hydrogens (tertiary/aromatic N) is 2.